The van der Waals surface area contributed by atoms with Crippen molar-refractivity contribution in [1.29, 1.82) is 0 Å². The molecule has 0 amide bonds. The topological polar surface area (TPSA) is 0 Å². The normalized spacial score (nSPS) is 12.2. The van der Waals surface area contributed by atoms with Crippen molar-refractivity contribution in [2.45, 2.75) is 39.3 Å². The minimum atomic E-state index is -1.09. The summed E-state index contributed by atoms with van der Waals surface area (Å²) in [6.45, 7) is 14.9. The Bertz CT molecular complexity index is 399. The number of benzene rings is 1. The molecule has 0 fully saturated rings. The highest BCUT2D eigenvalue weighted by atomic mass is 29.6. The van der Waals surface area contributed by atoms with Crippen LogP contribution in [0.4, 0.5) is 0 Å². The summed E-state index contributed by atoms with van der Waals surface area (Å²) in [5.74, 6) is 3.42. The van der Waals surface area contributed by atoms with Crippen LogP contribution in [0.2, 0.25) is 39.3 Å². The standard InChI is InChI=1S/C14H23Si3/c1-16(2,3)15(17(4,5)6)13-12-14-10-8-7-9-11-14/h7-11H,1-6H3. The van der Waals surface area contributed by atoms with Crippen LogP contribution in [0.25, 0.3) is 0 Å². The molecule has 0 aromatic heterocycles. The Morgan fingerprint density at radius 2 is 1.29 bits per heavy atom. The van der Waals surface area contributed by atoms with Crippen molar-refractivity contribution in [2.75, 3.05) is 0 Å². The number of hydrogen-bond acceptors (Lipinski definition) is 0. The maximum atomic E-state index is 3.69. The van der Waals surface area contributed by atoms with Gasteiger partial charge in [-0.1, -0.05) is 63.4 Å². The molecule has 0 aliphatic rings. The molecule has 0 saturated carbocycles. The van der Waals surface area contributed by atoms with Crippen LogP contribution in [0.5, 0.6) is 0 Å². The summed E-state index contributed by atoms with van der Waals surface area (Å²) >= 11 is 0. The van der Waals surface area contributed by atoms with E-state index in [-0.39, 0.29) is 0 Å². The highest BCUT2D eigenvalue weighted by Crippen LogP contribution is 2.17. The van der Waals surface area contributed by atoms with Gasteiger partial charge in [0, 0.05) is 20.7 Å². The van der Waals surface area contributed by atoms with Crippen molar-refractivity contribution in [3.8, 4) is 11.5 Å². The summed E-state index contributed by atoms with van der Waals surface area (Å²) in [6.07, 6.45) is 0. The zero-order valence-electron chi connectivity index (χ0n) is 11.9. The molecule has 1 radical (unpaired) electrons. The van der Waals surface area contributed by atoms with Crippen LogP contribution in [0.3, 0.4) is 0 Å². The van der Waals surface area contributed by atoms with Crippen LogP contribution in [0.15, 0.2) is 30.3 Å². The largest absolute Gasteiger partial charge is 0.134 e. The first kappa shape index (κ1) is 14.5. The van der Waals surface area contributed by atoms with Crippen molar-refractivity contribution in [3.63, 3.8) is 0 Å². The molecule has 0 saturated heterocycles. The molecular formula is C14H23Si3. The van der Waals surface area contributed by atoms with Crippen LogP contribution in [-0.4, -0.2) is 23.0 Å². The van der Waals surface area contributed by atoms with Crippen molar-refractivity contribution in [1.82, 2.24) is 0 Å². The summed E-state index contributed by atoms with van der Waals surface area (Å²) in [4.78, 5) is 0. The fourth-order valence-corrected chi connectivity index (χ4v) is 35.1. The van der Waals surface area contributed by atoms with Gasteiger partial charge in [0.25, 0.3) is 0 Å². The van der Waals surface area contributed by atoms with Crippen LogP contribution >= 0.6 is 0 Å². The Labute approximate surface area is 110 Å². The molecule has 0 aliphatic carbocycles. The quantitative estimate of drug-likeness (QED) is 0.567. The fraction of sp³-hybridized carbons (Fsp3) is 0.429. The first-order valence-corrected chi connectivity index (χ1v) is 16.7. The molecule has 0 heterocycles. The molecule has 0 spiro atoms. The van der Waals surface area contributed by atoms with E-state index in [2.05, 4.69) is 75.0 Å². The molecule has 17 heavy (non-hydrogen) atoms. The highest BCUT2D eigenvalue weighted by Gasteiger charge is 2.38. The van der Waals surface area contributed by atoms with E-state index in [4.69, 9.17) is 0 Å². The van der Waals surface area contributed by atoms with E-state index < -0.39 is 23.0 Å². The zero-order valence-corrected chi connectivity index (χ0v) is 14.9. The molecule has 1 rings (SSSR count). The second-order valence-corrected chi connectivity index (χ2v) is 30.0. The third-order valence-electron chi connectivity index (χ3n) is 2.61. The Morgan fingerprint density at radius 3 is 1.71 bits per heavy atom. The van der Waals surface area contributed by atoms with E-state index in [1.165, 1.54) is 5.56 Å². The monoisotopic (exact) mass is 275 g/mol. The van der Waals surface area contributed by atoms with Crippen molar-refractivity contribution < 1.29 is 0 Å². The minimum absolute atomic E-state index is 0.457. The summed E-state index contributed by atoms with van der Waals surface area (Å²) in [6, 6.07) is 10.4. The van der Waals surface area contributed by atoms with Crippen LogP contribution in [0.1, 0.15) is 5.56 Å². The van der Waals surface area contributed by atoms with E-state index in [0.29, 0.717) is 0 Å². The van der Waals surface area contributed by atoms with Gasteiger partial charge in [0.15, 0.2) is 0 Å². The first-order valence-electron chi connectivity index (χ1n) is 6.16. The average molecular weight is 276 g/mol. The predicted octanol–water partition coefficient (Wildman–Crippen LogP) is 3.91. The number of hydrogen-bond donors (Lipinski definition) is 0. The summed E-state index contributed by atoms with van der Waals surface area (Å²) in [5.41, 5.74) is 4.86. The van der Waals surface area contributed by atoms with E-state index in [1.54, 1.807) is 0 Å². The van der Waals surface area contributed by atoms with Gasteiger partial charge in [0.1, 0.15) is 7.83 Å². The van der Waals surface area contributed by atoms with E-state index in [0.717, 1.165) is 0 Å². The van der Waals surface area contributed by atoms with Crippen LogP contribution in [-0.2, 0) is 0 Å². The Hall–Kier alpha value is -0.569. The van der Waals surface area contributed by atoms with Gasteiger partial charge in [-0.3, -0.25) is 0 Å². The lowest BCUT2D eigenvalue weighted by Crippen LogP contribution is -2.58. The maximum absolute atomic E-state index is 3.69. The van der Waals surface area contributed by atoms with Crippen molar-refractivity contribution >= 4 is 23.0 Å². The molecular weight excluding hydrogens is 252 g/mol. The second-order valence-electron chi connectivity index (χ2n) is 6.49. The Balaban J connectivity index is 3.01. The van der Waals surface area contributed by atoms with Crippen LogP contribution < -0.4 is 0 Å². The molecule has 1 aromatic carbocycles. The van der Waals surface area contributed by atoms with Gasteiger partial charge >= 0.3 is 0 Å². The third kappa shape index (κ3) is 4.66. The summed E-state index contributed by atoms with van der Waals surface area (Å²) in [7, 11) is -2.63. The van der Waals surface area contributed by atoms with E-state index in [1.807, 2.05) is 6.07 Å². The average Bonchev–Trinajstić information content (AvgIpc) is 2.15. The van der Waals surface area contributed by atoms with Gasteiger partial charge in [0.2, 0.25) is 0 Å². The molecule has 0 nitrogen and oxygen atoms in total. The molecule has 0 aliphatic heterocycles. The van der Waals surface area contributed by atoms with Gasteiger partial charge in [-0.05, 0) is 12.1 Å². The van der Waals surface area contributed by atoms with Crippen LogP contribution in [0, 0.1) is 11.5 Å². The third-order valence-corrected chi connectivity index (χ3v) is 29.2. The minimum Gasteiger partial charge on any atom is -0.134 e. The second kappa shape index (κ2) is 5.38. The van der Waals surface area contributed by atoms with E-state index >= 15 is 0 Å². The SMILES string of the molecule is C[Si](C)(C)[Si](C#Cc1ccccc1)[Si](C)(C)C. The Kier molecular flexibility index (Phi) is 4.59. The molecule has 0 bridgehead atoms. The summed E-state index contributed by atoms with van der Waals surface area (Å²) in [5, 5.41) is 0. The van der Waals surface area contributed by atoms with Gasteiger partial charge in [-0.15, -0.1) is 5.54 Å². The molecule has 0 unspecified atom stereocenters. The van der Waals surface area contributed by atoms with Gasteiger partial charge < -0.3 is 0 Å². The van der Waals surface area contributed by atoms with Gasteiger partial charge in [-0.25, -0.2) is 0 Å². The Morgan fingerprint density at radius 1 is 0.824 bits per heavy atom. The highest BCUT2D eigenvalue weighted by molar-refractivity contribution is 7.62. The molecule has 1 aromatic rings. The molecule has 91 valence electrons. The van der Waals surface area contributed by atoms with Crippen molar-refractivity contribution in [2.24, 2.45) is 0 Å². The first-order chi connectivity index (χ1) is 7.71. The molecule has 3 heteroatoms. The molecule has 0 N–H and O–H groups in total. The van der Waals surface area contributed by atoms with E-state index in [9.17, 15) is 0 Å². The van der Waals surface area contributed by atoms with Gasteiger partial charge in [0.05, 0.1) is 0 Å². The number of rotatable bonds is 2. The van der Waals surface area contributed by atoms with Crippen molar-refractivity contribution in [3.05, 3.63) is 35.9 Å². The predicted molar refractivity (Wildman–Crippen MR) is 85.8 cm³/mol. The smallest absolute Gasteiger partial charge is 0.124 e. The maximum Gasteiger partial charge on any atom is 0.124 e. The fourth-order valence-electron chi connectivity index (χ4n) is 2.16. The zero-order chi connectivity index (χ0) is 13.1. The lowest BCUT2D eigenvalue weighted by atomic mass is 10.2. The lowest BCUT2D eigenvalue weighted by molar-refractivity contribution is 1.65. The summed E-state index contributed by atoms with van der Waals surface area (Å²) < 4.78 is 0. The molecule has 0 atom stereocenters. The lowest BCUT2D eigenvalue weighted by Gasteiger charge is -2.32. The van der Waals surface area contributed by atoms with Gasteiger partial charge in [-0.2, -0.15) is 0 Å².